The van der Waals surface area contributed by atoms with Gasteiger partial charge in [0.2, 0.25) is 0 Å². The lowest BCUT2D eigenvalue weighted by atomic mass is 9.96. The van der Waals surface area contributed by atoms with Crippen molar-refractivity contribution in [1.29, 1.82) is 0 Å². The molecule has 0 spiro atoms. The van der Waals surface area contributed by atoms with Crippen molar-refractivity contribution in [1.82, 2.24) is 4.57 Å². The van der Waals surface area contributed by atoms with Crippen molar-refractivity contribution >= 4 is 0 Å². The average molecular weight is 502 g/mol. The van der Waals surface area contributed by atoms with Crippen molar-refractivity contribution < 1.29 is 4.57 Å². The van der Waals surface area contributed by atoms with Gasteiger partial charge in [-0.15, -0.1) is 0 Å². The Balaban J connectivity index is 1.63. The third-order valence-corrected chi connectivity index (χ3v) is 7.83. The van der Waals surface area contributed by atoms with Crippen LogP contribution in [0.25, 0.3) is 0 Å². The highest BCUT2D eigenvalue weighted by Crippen LogP contribution is 2.21. The summed E-state index contributed by atoms with van der Waals surface area (Å²) in [7, 11) is 0. The Bertz CT molecular complexity index is 973. The predicted molar refractivity (Wildman–Crippen MR) is 159 cm³/mol. The Morgan fingerprint density at radius 1 is 0.676 bits per heavy atom. The monoisotopic (exact) mass is 501 g/mol. The molecule has 0 amide bonds. The summed E-state index contributed by atoms with van der Waals surface area (Å²) >= 11 is 0. The number of rotatable bonds is 19. The van der Waals surface area contributed by atoms with E-state index < -0.39 is 0 Å². The van der Waals surface area contributed by atoms with Crippen LogP contribution in [0.1, 0.15) is 126 Å². The lowest BCUT2D eigenvalue weighted by Crippen LogP contribution is -2.41. The molecule has 2 aromatic carbocycles. The van der Waals surface area contributed by atoms with Crippen molar-refractivity contribution in [3.63, 3.8) is 0 Å². The van der Waals surface area contributed by atoms with Crippen LogP contribution in [0.5, 0.6) is 0 Å². The standard InChI is InChI=1S/C35H53N2/c1-4-6-7-8-9-10-11-12-13-14-21-27-37-34(28-31(3)33-24-19-16-20-25-33)30-36(26-5-2)35(37)29-32-22-17-15-18-23-32/h15-20,22-25,30-31H,4-14,21,26-29H2,1-3H3/q+1. The van der Waals surface area contributed by atoms with Gasteiger partial charge in [0.25, 0.3) is 5.82 Å². The first-order valence-corrected chi connectivity index (χ1v) is 15.4. The number of aryl methyl sites for hydroxylation is 1. The van der Waals surface area contributed by atoms with Gasteiger partial charge < -0.3 is 0 Å². The number of aromatic nitrogens is 2. The van der Waals surface area contributed by atoms with Crippen LogP contribution in [-0.4, -0.2) is 4.57 Å². The van der Waals surface area contributed by atoms with Crippen LogP contribution >= 0.6 is 0 Å². The zero-order valence-corrected chi connectivity index (χ0v) is 24.1. The minimum Gasteiger partial charge on any atom is -0.234 e. The average Bonchev–Trinajstić information content (AvgIpc) is 3.23. The second-order valence-electron chi connectivity index (χ2n) is 11.1. The number of imidazole rings is 1. The third kappa shape index (κ3) is 10.1. The summed E-state index contributed by atoms with van der Waals surface area (Å²) in [6.07, 6.45) is 21.1. The second-order valence-corrected chi connectivity index (χ2v) is 11.1. The van der Waals surface area contributed by atoms with Crippen LogP contribution in [0, 0.1) is 0 Å². The van der Waals surface area contributed by atoms with E-state index >= 15 is 0 Å². The maximum absolute atomic E-state index is 2.69. The molecule has 0 saturated carbocycles. The Hall–Kier alpha value is -2.35. The molecule has 0 aliphatic carbocycles. The van der Waals surface area contributed by atoms with Crippen LogP contribution in [0.4, 0.5) is 0 Å². The van der Waals surface area contributed by atoms with E-state index in [9.17, 15) is 0 Å². The van der Waals surface area contributed by atoms with E-state index in [2.05, 4.69) is 96.8 Å². The summed E-state index contributed by atoms with van der Waals surface area (Å²) in [5.74, 6) is 2.00. The highest BCUT2D eigenvalue weighted by molar-refractivity contribution is 5.21. The molecule has 0 bridgehead atoms. The highest BCUT2D eigenvalue weighted by Gasteiger charge is 2.24. The number of hydrogen-bond acceptors (Lipinski definition) is 0. The van der Waals surface area contributed by atoms with Crippen molar-refractivity contribution in [2.45, 2.75) is 130 Å². The molecule has 0 aliphatic heterocycles. The highest BCUT2D eigenvalue weighted by atomic mass is 15.2. The van der Waals surface area contributed by atoms with Gasteiger partial charge in [-0.05, 0) is 36.3 Å². The molecule has 0 saturated heterocycles. The molecule has 0 N–H and O–H groups in total. The molecular formula is C35H53N2+. The van der Waals surface area contributed by atoms with E-state index in [-0.39, 0.29) is 0 Å². The van der Waals surface area contributed by atoms with Crippen LogP contribution < -0.4 is 4.57 Å². The fourth-order valence-corrected chi connectivity index (χ4v) is 5.64. The predicted octanol–water partition coefficient (Wildman–Crippen LogP) is 9.43. The van der Waals surface area contributed by atoms with Gasteiger partial charge >= 0.3 is 0 Å². The summed E-state index contributed by atoms with van der Waals surface area (Å²) in [5, 5.41) is 0. The van der Waals surface area contributed by atoms with Crippen molar-refractivity contribution in [3.05, 3.63) is 89.5 Å². The van der Waals surface area contributed by atoms with Crippen molar-refractivity contribution in [3.8, 4) is 0 Å². The van der Waals surface area contributed by atoms with Gasteiger partial charge in [0.05, 0.1) is 19.5 Å². The van der Waals surface area contributed by atoms with Crippen LogP contribution in [0.15, 0.2) is 66.9 Å². The number of nitrogens with zero attached hydrogens (tertiary/aromatic N) is 2. The molecule has 1 aromatic heterocycles. The lowest BCUT2D eigenvalue weighted by Gasteiger charge is -2.12. The number of unbranched alkanes of at least 4 members (excludes halogenated alkanes) is 10. The van der Waals surface area contributed by atoms with E-state index in [1.807, 2.05) is 0 Å². The van der Waals surface area contributed by atoms with Crippen molar-refractivity contribution in [2.75, 3.05) is 0 Å². The Morgan fingerprint density at radius 2 is 1.24 bits per heavy atom. The van der Waals surface area contributed by atoms with E-state index in [0.29, 0.717) is 5.92 Å². The normalized spacial score (nSPS) is 12.2. The second kappa shape index (κ2) is 17.2. The Morgan fingerprint density at radius 3 is 1.84 bits per heavy atom. The molecule has 3 aromatic rings. The molecule has 1 unspecified atom stereocenters. The molecule has 0 fully saturated rings. The molecule has 2 heteroatoms. The summed E-state index contributed by atoms with van der Waals surface area (Å²) in [6, 6.07) is 22.1. The van der Waals surface area contributed by atoms with Gasteiger partial charge in [0.1, 0.15) is 11.9 Å². The fourth-order valence-electron chi connectivity index (χ4n) is 5.64. The van der Waals surface area contributed by atoms with Gasteiger partial charge in [-0.2, -0.15) is 0 Å². The summed E-state index contributed by atoms with van der Waals surface area (Å²) in [6.45, 7) is 9.23. The minimum absolute atomic E-state index is 0.520. The maximum Gasteiger partial charge on any atom is 0.261 e. The van der Waals surface area contributed by atoms with E-state index in [1.165, 1.54) is 99.7 Å². The first-order chi connectivity index (χ1) is 18.2. The lowest BCUT2D eigenvalue weighted by molar-refractivity contribution is -0.710. The van der Waals surface area contributed by atoms with Crippen LogP contribution in [0.3, 0.4) is 0 Å². The molecule has 1 heterocycles. The van der Waals surface area contributed by atoms with E-state index in [4.69, 9.17) is 0 Å². The first-order valence-electron chi connectivity index (χ1n) is 15.4. The van der Waals surface area contributed by atoms with E-state index in [1.54, 1.807) is 0 Å². The smallest absolute Gasteiger partial charge is 0.234 e. The number of benzene rings is 2. The quantitative estimate of drug-likeness (QED) is 0.114. The van der Waals surface area contributed by atoms with Crippen LogP contribution in [0.2, 0.25) is 0 Å². The van der Waals surface area contributed by atoms with Gasteiger partial charge in [-0.1, -0.05) is 139 Å². The zero-order chi connectivity index (χ0) is 26.1. The molecule has 37 heavy (non-hydrogen) atoms. The Kier molecular flexibility index (Phi) is 13.6. The minimum atomic E-state index is 0.520. The zero-order valence-electron chi connectivity index (χ0n) is 24.1. The topological polar surface area (TPSA) is 8.81 Å². The molecule has 0 radical (unpaired) electrons. The Labute approximate surface area is 228 Å². The van der Waals surface area contributed by atoms with Crippen molar-refractivity contribution in [2.24, 2.45) is 0 Å². The third-order valence-electron chi connectivity index (χ3n) is 7.83. The van der Waals surface area contributed by atoms with Gasteiger partial charge in [0.15, 0.2) is 0 Å². The van der Waals surface area contributed by atoms with Gasteiger partial charge in [0, 0.05) is 6.42 Å². The first kappa shape index (κ1) is 29.2. The van der Waals surface area contributed by atoms with Gasteiger partial charge in [-0.3, -0.25) is 0 Å². The molecule has 202 valence electrons. The number of hydrogen-bond donors (Lipinski definition) is 0. The van der Waals surface area contributed by atoms with Crippen LogP contribution in [-0.2, 0) is 25.9 Å². The summed E-state index contributed by atoms with van der Waals surface area (Å²) < 4.78 is 5.24. The van der Waals surface area contributed by atoms with E-state index in [0.717, 1.165) is 25.9 Å². The largest absolute Gasteiger partial charge is 0.261 e. The summed E-state index contributed by atoms with van der Waals surface area (Å²) in [5.41, 5.74) is 4.35. The molecule has 3 rings (SSSR count). The molecule has 1 atom stereocenters. The molecule has 2 nitrogen and oxygen atoms in total. The molecule has 0 aliphatic rings. The fraction of sp³-hybridized carbons (Fsp3) is 0.571. The molecular weight excluding hydrogens is 448 g/mol. The summed E-state index contributed by atoms with van der Waals surface area (Å²) in [4.78, 5) is 0. The van der Waals surface area contributed by atoms with Gasteiger partial charge in [-0.25, -0.2) is 9.13 Å². The maximum atomic E-state index is 2.69. The SMILES string of the molecule is CCCCCCCCCCCCC[n+]1c(CC(C)c2ccccc2)cn(CCC)c1Cc1ccccc1.